The number of hydrogen-bond donors (Lipinski definition) is 2. The summed E-state index contributed by atoms with van der Waals surface area (Å²) in [6.45, 7) is 3.54. The average Bonchev–Trinajstić information content (AvgIpc) is 3.05. The number of nitrogens with one attached hydrogen (secondary N) is 1. The highest BCUT2D eigenvalue weighted by Crippen LogP contribution is 2.18. The molecule has 2 heterocycles. The summed E-state index contributed by atoms with van der Waals surface area (Å²) in [4.78, 5) is 8.74. The normalized spacial score (nSPS) is 14.4. The SMILES string of the molecule is CN(C)c1ccc(CNc2nc(N3CCOCC3)nn2C(=S)S)cc1. The van der Waals surface area contributed by atoms with E-state index >= 15 is 0 Å². The maximum absolute atomic E-state index is 5.37. The minimum absolute atomic E-state index is 0.359. The van der Waals surface area contributed by atoms with Gasteiger partial charge in [-0.1, -0.05) is 24.4 Å². The molecule has 3 rings (SSSR count). The average molecular weight is 379 g/mol. The highest BCUT2D eigenvalue weighted by atomic mass is 32.1. The van der Waals surface area contributed by atoms with Gasteiger partial charge in [-0.2, -0.15) is 9.67 Å². The molecule has 1 fully saturated rings. The molecule has 7 nitrogen and oxygen atoms in total. The van der Waals surface area contributed by atoms with Crippen LogP contribution < -0.4 is 15.1 Å². The number of thiocarbonyl (C=S) groups is 1. The molecule has 0 atom stereocenters. The smallest absolute Gasteiger partial charge is 0.247 e. The van der Waals surface area contributed by atoms with E-state index in [-0.39, 0.29) is 0 Å². The van der Waals surface area contributed by atoms with Gasteiger partial charge in [-0.3, -0.25) is 0 Å². The maximum atomic E-state index is 5.37. The van der Waals surface area contributed by atoms with Crippen molar-refractivity contribution in [1.82, 2.24) is 14.8 Å². The zero-order valence-electron chi connectivity index (χ0n) is 14.3. The van der Waals surface area contributed by atoms with Crippen molar-refractivity contribution in [3.63, 3.8) is 0 Å². The molecule has 0 unspecified atom stereocenters. The van der Waals surface area contributed by atoms with Gasteiger partial charge >= 0.3 is 0 Å². The quantitative estimate of drug-likeness (QED) is 0.608. The first-order valence-electron chi connectivity index (χ1n) is 8.08. The van der Waals surface area contributed by atoms with Crippen LogP contribution in [0.15, 0.2) is 24.3 Å². The molecule has 1 aromatic carbocycles. The summed E-state index contributed by atoms with van der Waals surface area (Å²) < 4.78 is 7.29. The van der Waals surface area contributed by atoms with Crippen molar-refractivity contribution in [1.29, 1.82) is 0 Å². The number of ether oxygens (including phenoxy) is 1. The molecule has 0 amide bonds. The Labute approximate surface area is 158 Å². The minimum atomic E-state index is 0.359. The lowest BCUT2D eigenvalue weighted by Crippen LogP contribution is -2.37. The largest absolute Gasteiger partial charge is 0.378 e. The van der Waals surface area contributed by atoms with Crippen LogP contribution in [0.25, 0.3) is 0 Å². The Kier molecular flexibility index (Phi) is 5.77. The predicted octanol–water partition coefficient (Wildman–Crippen LogP) is 1.86. The van der Waals surface area contributed by atoms with E-state index in [2.05, 4.69) is 62.1 Å². The number of anilines is 3. The number of benzene rings is 1. The van der Waals surface area contributed by atoms with E-state index in [4.69, 9.17) is 17.0 Å². The second-order valence-electron chi connectivity index (χ2n) is 5.94. The Hall–Kier alpha value is -1.84. The Balaban J connectivity index is 1.72. The van der Waals surface area contributed by atoms with E-state index in [0.717, 1.165) is 24.3 Å². The van der Waals surface area contributed by atoms with Gasteiger partial charge in [-0.05, 0) is 17.7 Å². The maximum Gasteiger partial charge on any atom is 0.247 e. The summed E-state index contributed by atoms with van der Waals surface area (Å²) in [6, 6.07) is 8.35. The molecule has 9 heteroatoms. The van der Waals surface area contributed by atoms with Gasteiger partial charge in [-0.25, -0.2) is 0 Å². The Morgan fingerprint density at radius 1 is 1.28 bits per heavy atom. The molecule has 1 saturated heterocycles. The van der Waals surface area contributed by atoms with Crippen LogP contribution >= 0.6 is 24.8 Å². The first-order chi connectivity index (χ1) is 12.0. The van der Waals surface area contributed by atoms with Crippen molar-refractivity contribution >= 4 is 46.8 Å². The van der Waals surface area contributed by atoms with E-state index in [9.17, 15) is 0 Å². The number of aromatic nitrogens is 3. The number of nitrogens with zero attached hydrogens (tertiary/aromatic N) is 5. The zero-order valence-corrected chi connectivity index (χ0v) is 16.1. The fourth-order valence-corrected chi connectivity index (χ4v) is 2.81. The van der Waals surface area contributed by atoms with Gasteiger partial charge in [0.15, 0.2) is 4.32 Å². The van der Waals surface area contributed by atoms with Crippen LogP contribution in [0.1, 0.15) is 5.56 Å². The highest BCUT2D eigenvalue weighted by Gasteiger charge is 2.19. The summed E-state index contributed by atoms with van der Waals surface area (Å²) >= 11 is 9.43. The molecule has 0 aliphatic carbocycles. The zero-order chi connectivity index (χ0) is 17.8. The fourth-order valence-electron chi connectivity index (χ4n) is 2.54. The lowest BCUT2D eigenvalue weighted by atomic mass is 10.2. The monoisotopic (exact) mass is 378 g/mol. The Morgan fingerprint density at radius 2 is 1.96 bits per heavy atom. The predicted molar refractivity (Wildman–Crippen MR) is 108 cm³/mol. The summed E-state index contributed by atoms with van der Waals surface area (Å²) in [5.41, 5.74) is 2.32. The number of morpholine rings is 1. The van der Waals surface area contributed by atoms with Gasteiger partial charge < -0.3 is 19.9 Å². The lowest BCUT2D eigenvalue weighted by Gasteiger charge is -2.25. The molecule has 2 aromatic rings. The molecule has 0 saturated carbocycles. The van der Waals surface area contributed by atoms with Crippen molar-refractivity contribution in [3.05, 3.63) is 29.8 Å². The third-order valence-electron chi connectivity index (χ3n) is 3.97. The van der Waals surface area contributed by atoms with Crippen molar-refractivity contribution in [3.8, 4) is 0 Å². The molecule has 134 valence electrons. The third kappa shape index (κ3) is 4.42. The second-order valence-corrected chi connectivity index (χ2v) is 7.06. The van der Waals surface area contributed by atoms with E-state index < -0.39 is 0 Å². The van der Waals surface area contributed by atoms with Crippen LogP contribution in [0.5, 0.6) is 0 Å². The summed E-state index contributed by atoms with van der Waals surface area (Å²) in [7, 11) is 4.05. The van der Waals surface area contributed by atoms with Crippen LogP contribution in [0.3, 0.4) is 0 Å². The minimum Gasteiger partial charge on any atom is -0.378 e. The first kappa shape index (κ1) is 18.0. The summed E-state index contributed by atoms with van der Waals surface area (Å²) in [6.07, 6.45) is 0. The van der Waals surface area contributed by atoms with E-state index in [1.54, 1.807) is 4.68 Å². The Morgan fingerprint density at radius 3 is 2.56 bits per heavy atom. The van der Waals surface area contributed by atoms with E-state index in [1.807, 2.05) is 14.1 Å². The van der Waals surface area contributed by atoms with Crippen molar-refractivity contribution in [2.45, 2.75) is 6.54 Å². The first-order valence-corrected chi connectivity index (χ1v) is 8.93. The molecule has 0 bridgehead atoms. The third-order valence-corrected chi connectivity index (χ3v) is 4.34. The standard InChI is InChI=1S/C16H22N6OS2/c1-20(2)13-5-3-12(4-6-13)11-17-14-18-15(19-22(14)16(24)25)21-7-9-23-10-8-21/h3-6H,7-11H2,1-2H3,(H,24,25)(H,17,18,19). The van der Waals surface area contributed by atoms with Crippen LogP contribution in [0, 0.1) is 0 Å². The lowest BCUT2D eigenvalue weighted by molar-refractivity contribution is 0.122. The van der Waals surface area contributed by atoms with Crippen molar-refractivity contribution in [2.75, 3.05) is 55.5 Å². The molecule has 1 aliphatic heterocycles. The molecule has 1 N–H and O–H groups in total. The van der Waals surface area contributed by atoms with Gasteiger partial charge in [0, 0.05) is 39.4 Å². The Bertz CT molecular complexity index is 725. The van der Waals surface area contributed by atoms with Gasteiger partial charge in [0.2, 0.25) is 11.9 Å². The highest BCUT2D eigenvalue weighted by molar-refractivity contribution is 8.11. The van der Waals surface area contributed by atoms with Gasteiger partial charge in [0.05, 0.1) is 13.2 Å². The van der Waals surface area contributed by atoms with E-state index in [1.165, 1.54) is 0 Å². The summed E-state index contributed by atoms with van der Waals surface area (Å²) in [5.74, 6) is 1.24. The topological polar surface area (TPSA) is 58.4 Å². The number of rotatable bonds is 5. The molecule has 0 spiro atoms. The second kappa shape index (κ2) is 8.03. The van der Waals surface area contributed by atoms with Crippen molar-refractivity contribution < 1.29 is 4.74 Å². The molecule has 1 aliphatic rings. The molecular formula is C16H22N6OS2. The molecule has 25 heavy (non-hydrogen) atoms. The summed E-state index contributed by atoms with van der Waals surface area (Å²) in [5, 5.41) is 7.77. The van der Waals surface area contributed by atoms with Gasteiger partial charge in [-0.15, -0.1) is 17.7 Å². The number of thiol groups is 1. The fraction of sp³-hybridized carbons (Fsp3) is 0.438. The van der Waals surface area contributed by atoms with Crippen LogP contribution in [0.4, 0.5) is 17.6 Å². The van der Waals surface area contributed by atoms with Crippen LogP contribution in [-0.4, -0.2) is 59.5 Å². The van der Waals surface area contributed by atoms with Gasteiger partial charge in [0.25, 0.3) is 0 Å². The van der Waals surface area contributed by atoms with Crippen LogP contribution in [0.2, 0.25) is 0 Å². The van der Waals surface area contributed by atoms with Crippen molar-refractivity contribution in [2.24, 2.45) is 0 Å². The molecule has 1 aromatic heterocycles. The van der Waals surface area contributed by atoms with Crippen LogP contribution in [-0.2, 0) is 11.3 Å². The van der Waals surface area contributed by atoms with Gasteiger partial charge in [0.1, 0.15) is 0 Å². The van der Waals surface area contributed by atoms with E-state index in [0.29, 0.717) is 36.0 Å². The number of hydrogen-bond acceptors (Lipinski definition) is 7. The molecule has 0 radical (unpaired) electrons. The molecular weight excluding hydrogens is 356 g/mol.